The number of ether oxygens (including phenoxy) is 2. The number of carbonyl (C=O) groups excluding carboxylic acids is 1. The lowest BCUT2D eigenvalue weighted by molar-refractivity contribution is 0.0827. The van der Waals surface area contributed by atoms with Crippen molar-refractivity contribution in [2.24, 2.45) is 0 Å². The van der Waals surface area contributed by atoms with Gasteiger partial charge in [0.1, 0.15) is 11.5 Å². The molecule has 4 nitrogen and oxygen atoms in total. The predicted octanol–water partition coefficient (Wildman–Crippen LogP) is 4.40. The van der Waals surface area contributed by atoms with Crippen LogP contribution in [0.3, 0.4) is 0 Å². The quantitative estimate of drug-likeness (QED) is 0.559. The molecule has 0 heterocycles. The summed E-state index contributed by atoms with van der Waals surface area (Å²) in [5.41, 5.74) is 0.654. The highest BCUT2D eigenvalue weighted by molar-refractivity contribution is 14.1. The number of hydrogen-bond acceptors (Lipinski definition) is 3. The molecular weight excluding hydrogens is 508 g/mol. The van der Waals surface area contributed by atoms with Gasteiger partial charge in [0.15, 0.2) is 5.75 Å². The number of carbonyl (C=O) groups is 1. The van der Waals surface area contributed by atoms with Crippen LogP contribution < -0.4 is 9.47 Å². The lowest BCUT2D eigenvalue weighted by Gasteiger charge is -2.14. The molecule has 0 bridgehead atoms. The second kappa shape index (κ2) is 7.49. The van der Waals surface area contributed by atoms with Crippen LogP contribution in [0.2, 0.25) is 0 Å². The highest BCUT2D eigenvalue weighted by atomic mass is 127. The molecule has 0 saturated carbocycles. The number of amides is 1. The number of hydrogen-bond donors (Lipinski definition) is 0. The Hall–Kier alpha value is -1.03. The Morgan fingerprint density at radius 2 is 1.50 bits per heavy atom. The monoisotopic (exact) mass is 523 g/mol. The maximum Gasteiger partial charge on any atom is 0.253 e. The molecule has 2 rings (SSSR count). The van der Waals surface area contributed by atoms with Gasteiger partial charge < -0.3 is 14.4 Å². The summed E-state index contributed by atoms with van der Waals surface area (Å²) in [6.45, 7) is 0. The maximum atomic E-state index is 12.1. The van der Waals surface area contributed by atoms with E-state index in [1.165, 1.54) is 0 Å². The first-order valence-corrected chi connectivity index (χ1v) is 8.60. The van der Waals surface area contributed by atoms with Gasteiger partial charge in [-0.05, 0) is 81.6 Å². The topological polar surface area (TPSA) is 38.8 Å². The minimum Gasteiger partial charge on any atom is -0.497 e. The first-order valence-electron chi connectivity index (χ1n) is 6.45. The van der Waals surface area contributed by atoms with E-state index in [1.54, 1.807) is 26.1 Å². The maximum absolute atomic E-state index is 12.1. The summed E-state index contributed by atoms with van der Waals surface area (Å²) in [4.78, 5) is 13.6. The summed E-state index contributed by atoms with van der Waals surface area (Å²) in [5, 5.41) is 0. The average Bonchev–Trinajstić information content (AvgIpc) is 2.50. The highest BCUT2D eigenvalue weighted by Gasteiger charge is 2.15. The van der Waals surface area contributed by atoms with Crippen molar-refractivity contribution in [3.05, 3.63) is 49.1 Å². The molecule has 22 heavy (non-hydrogen) atoms. The molecule has 0 aromatic heterocycles. The van der Waals surface area contributed by atoms with E-state index < -0.39 is 0 Å². The first-order chi connectivity index (χ1) is 10.4. The third-order valence-electron chi connectivity index (χ3n) is 2.93. The molecule has 0 aliphatic rings. The van der Waals surface area contributed by atoms with Crippen molar-refractivity contribution >= 4 is 51.1 Å². The predicted molar refractivity (Wildman–Crippen MR) is 103 cm³/mol. The summed E-state index contributed by atoms with van der Waals surface area (Å²) in [5.74, 6) is 2.24. The molecule has 2 aromatic carbocycles. The van der Waals surface area contributed by atoms with Crippen LogP contribution >= 0.6 is 45.2 Å². The van der Waals surface area contributed by atoms with Crippen LogP contribution in [0.1, 0.15) is 10.4 Å². The van der Waals surface area contributed by atoms with Gasteiger partial charge in [-0.2, -0.15) is 0 Å². The number of benzene rings is 2. The zero-order valence-corrected chi connectivity index (χ0v) is 16.7. The van der Waals surface area contributed by atoms with Crippen LogP contribution in [-0.2, 0) is 0 Å². The Bertz CT molecular complexity index is 661. The zero-order chi connectivity index (χ0) is 16.3. The molecule has 0 aliphatic carbocycles. The van der Waals surface area contributed by atoms with Crippen molar-refractivity contribution < 1.29 is 14.3 Å². The van der Waals surface area contributed by atoms with E-state index in [4.69, 9.17) is 9.47 Å². The third kappa shape index (κ3) is 4.03. The van der Waals surface area contributed by atoms with Crippen molar-refractivity contribution in [3.63, 3.8) is 0 Å². The lowest BCUT2D eigenvalue weighted by atomic mass is 10.2. The fraction of sp³-hybridized carbons (Fsp3) is 0.188. The van der Waals surface area contributed by atoms with Gasteiger partial charge in [0.05, 0.1) is 14.3 Å². The van der Waals surface area contributed by atoms with E-state index in [-0.39, 0.29) is 5.91 Å². The molecule has 0 N–H and O–H groups in total. The molecule has 0 aliphatic heterocycles. The van der Waals surface area contributed by atoms with Gasteiger partial charge in [-0.25, -0.2) is 0 Å². The Balaban J connectivity index is 2.29. The average molecular weight is 523 g/mol. The normalized spacial score (nSPS) is 10.2. The molecule has 0 fully saturated rings. The number of halogens is 2. The summed E-state index contributed by atoms with van der Waals surface area (Å²) >= 11 is 4.37. The molecule has 0 unspecified atom stereocenters. The third-order valence-corrected chi connectivity index (χ3v) is 4.53. The molecule has 116 valence electrons. The highest BCUT2D eigenvalue weighted by Crippen LogP contribution is 2.33. The lowest BCUT2D eigenvalue weighted by Crippen LogP contribution is -2.21. The standard InChI is InChI=1S/C16H15I2NO3/c1-19(2)16(20)10-8-13(17)15(14(18)9-10)22-12-6-4-11(21-3)5-7-12/h4-9H,1-3H3. The Morgan fingerprint density at radius 1 is 1.00 bits per heavy atom. The summed E-state index contributed by atoms with van der Waals surface area (Å²) < 4.78 is 12.9. The molecular formula is C16H15I2NO3. The van der Waals surface area contributed by atoms with Gasteiger partial charge in [0, 0.05) is 19.7 Å². The van der Waals surface area contributed by atoms with Crippen molar-refractivity contribution in [3.8, 4) is 17.2 Å². The summed E-state index contributed by atoms with van der Waals surface area (Å²) in [7, 11) is 5.11. The second-order valence-electron chi connectivity index (χ2n) is 4.75. The van der Waals surface area contributed by atoms with Crippen LogP contribution in [0.4, 0.5) is 0 Å². The van der Waals surface area contributed by atoms with E-state index in [0.717, 1.165) is 24.4 Å². The van der Waals surface area contributed by atoms with Gasteiger partial charge >= 0.3 is 0 Å². The Kier molecular flexibility index (Phi) is 5.90. The summed E-state index contributed by atoms with van der Waals surface area (Å²) in [6.07, 6.45) is 0. The Morgan fingerprint density at radius 3 is 1.95 bits per heavy atom. The minimum absolute atomic E-state index is 0.0215. The van der Waals surface area contributed by atoms with E-state index in [1.807, 2.05) is 36.4 Å². The van der Waals surface area contributed by atoms with Gasteiger partial charge in [-0.3, -0.25) is 4.79 Å². The SMILES string of the molecule is COc1ccc(Oc2c(I)cc(C(=O)N(C)C)cc2I)cc1. The van der Waals surface area contributed by atoms with Crippen molar-refractivity contribution in [2.45, 2.75) is 0 Å². The van der Waals surface area contributed by atoms with Crippen LogP contribution in [0.5, 0.6) is 17.2 Å². The molecule has 0 spiro atoms. The van der Waals surface area contributed by atoms with Crippen LogP contribution in [0.15, 0.2) is 36.4 Å². The number of methoxy groups -OCH3 is 1. The molecule has 1 amide bonds. The number of nitrogens with zero attached hydrogens (tertiary/aromatic N) is 1. The zero-order valence-electron chi connectivity index (χ0n) is 12.4. The van der Waals surface area contributed by atoms with E-state index in [0.29, 0.717) is 5.56 Å². The smallest absolute Gasteiger partial charge is 0.253 e. The second-order valence-corrected chi connectivity index (χ2v) is 7.07. The largest absolute Gasteiger partial charge is 0.497 e. The minimum atomic E-state index is -0.0215. The van der Waals surface area contributed by atoms with Crippen molar-refractivity contribution in [1.29, 1.82) is 0 Å². The van der Waals surface area contributed by atoms with Crippen molar-refractivity contribution in [1.82, 2.24) is 4.90 Å². The van der Waals surface area contributed by atoms with Gasteiger partial charge in [0.25, 0.3) is 5.91 Å². The van der Waals surface area contributed by atoms with Gasteiger partial charge in [0.2, 0.25) is 0 Å². The Labute approximate surface area is 157 Å². The molecule has 0 saturated heterocycles. The fourth-order valence-corrected chi connectivity index (χ4v) is 3.79. The number of rotatable bonds is 4. The van der Waals surface area contributed by atoms with E-state index in [2.05, 4.69) is 45.2 Å². The first kappa shape index (κ1) is 17.3. The van der Waals surface area contributed by atoms with Crippen LogP contribution in [0.25, 0.3) is 0 Å². The van der Waals surface area contributed by atoms with E-state index in [9.17, 15) is 4.79 Å². The van der Waals surface area contributed by atoms with Crippen LogP contribution in [-0.4, -0.2) is 32.0 Å². The molecule has 2 aromatic rings. The van der Waals surface area contributed by atoms with E-state index >= 15 is 0 Å². The van der Waals surface area contributed by atoms with Gasteiger partial charge in [-0.15, -0.1) is 0 Å². The van der Waals surface area contributed by atoms with Crippen LogP contribution in [0, 0.1) is 7.14 Å². The van der Waals surface area contributed by atoms with Crippen molar-refractivity contribution in [2.75, 3.05) is 21.2 Å². The fourth-order valence-electron chi connectivity index (χ4n) is 1.80. The summed E-state index contributed by atoms with van der Waals surface area (Å²) in [6, 6.07) is 11.1. The molecule has 0 radical (unpaired) electrons. The molecule has 0 atom stereocenters. The molecule has 6 heteroatoms. The van der Waals surface area contributed by atoms with Gasteiger partial charge in [-0.1, -0.05) is 0 Å².